The predicted molar refractivity (Wildman–Crippen MR) is 214 cm³/mol. The van der Waals surface area contributed by atoms with Crippen molar-refractivity contribution in [2.24, 2.45) is 10.8 Å². The van der Waals surface area contributed by atoms with Crippen LogP contribution >= 0.6 is 0 Å². The van der Waals surface area contributed by atoms with Crippen molar-refractivity contribution in [1.82, 2.24) is 0 Å². The molecule has 22 heteroatoms. The highest BCUT2D eigenvalue weighted by atomic mass is 16.9. The van der Waals surface area contributed by atoms with Crippen LogP contribution in [0.15, 0.2) is 0 Å². The van der Waals surface area contributed by atoms with Crippen molar-refractivity contribution in [3.8, 4) is 0 Å². The number of carboxylic acid groups (broad SMARTS) is 3. The van der Waals surface area contributed by atoms with Crippen molar-refractivity contribution in [2.45, 2.75) is 197 Å². The van der Waals surface area contributed by atoms with Crippen LogP contribution in [0.5, 0.6) is 0 Å². The summed E-state index contributed by atoms with van der Waals surface area (Å²) >= 11 is 0. The normalized spacial score (nSPS) is 40.6. The summed E-state index contributed by atoms with van der Waals surface area (Å²) in [5.74, 6) is -11.9. The molecule has 0 saturated carbocycles. The fourth-order valence-electron chi connectivity index (χ4n) is 9.58. The highest BCUT2D eigenvalue weighted by Crippen LogP contribution is 2.67. The van der Waals surface area contributed by atoms with Crippen LogP contribution in [-0.4, -0.2) is 172 Å². The Kier molecular flexibility index (Phi) is 13.9. The van der Waals surface area contributed by atoms with E-state index in [-0.39, 0.29) is 19.4 Å². The maximum Gasteiger partial charge on any atom is 0.505 e. The molecular formula is C41H72O22. The number of carbonyl (C=O) groups is 3. The van der Waals surface area contributed by atoms with Crippen molar-refractivity contribution in [3.63, 3.8) is 0 Å². The molecule has 3 saturated heterocycles. The van der Waals surface area contributed by atoms with E-state index in [1.807, 2.05) is 0 Å². The highest BCUT2D eigenvalue weighted by molar-refractivity contribution is 5.57. The first kappa shape index (κ1) is 54.6. The molecule has 3 aliphatic rings. The summed E-state index contributed by atoms with van der Waals surface area (Å²) in [5, 5.41) is 103. The van der Waals surface area contributed by atoms with E-state index < -0.39 is 123 Å². The maximum atomic E-state index is 13.0. The van der Waals surface area contributed by atoms with Gasteiger partial charge in [-0.2, -0.15) is 0 Å². The Bertz CT molecular complexity index is 1750. The molecule has 0 aliphatic carbocycles. The third kappa shape index (κ3) is 7.77. The standard InChI is InChI=1S/C41H72O22/c1-27(2,18-21-56-24(42)43)34(10,54-16)32(8,50)41(53)39(15,63-41)61-36(12)29(5,20-23-58-26(46)47)59-37(13,31(7,49)30(36,6)48)60-35(11,28(3,4)19-22-57-25(44)45)33(9,51)40(52)38(14,55-17)62-40/h48-53H,18-23H2,1-17H3,(H,42,43)(H,44,45)(H,46,47). The van der Waals surface area contributed by atoms with Crippen LogP contribution in [0.2, 0.25) is 0 Å². The summed E-state index contributed by atoms with van der Waals surface area (Å²) < 4.78 is 57.3. The van der Waals surface area contributed by atoms with Gasteiger partial charge in [-0.1, -0.05) is 27.7 Å². The van der Waals surface area contributed by atoms with Gasteiger partial charge in [-0.25, -0.2) is 14.4 Å². The molecule has 63 heavy (non-hydrogen) atoms. The van der Waals surface area contributed by atoms with E-state index in [0.717, 1.165) is 20.8 Å². The van der Waals surface area contributed by atoms with Crippen molar-refractivity contribution in [1.29, 1.82) is 0 Å². The van der Waals surface area contributed by atoms with Gasteiger partial charge in [0.05, 0.1) is 19.8 Å². The summed E-state index contributed by atoms with van der Waals surface area (Å²) in [5.41, 5.74) is -21.5. The second kappa shape index (κ2) is 16.0. The molecule has 3 heterocycles. The average Bonchev–Trinajstić information content (AvgIpc) is 3.92. The lowest BCUT2D eigenvalue weighted by atomic mass is 9.58. The first-order chi connectivity index (χ1) is 27.9. The number of methoxy groups -OCH3 is 2. The zero-order valence-corrected chi connectivity index (χ0v) is 39.6. The van der Waals surface area contributed by atoms with Crippen LogP contribution in [0.1, 0.15) is 123 Å². The van der Waals surface area contributed by atoms with Crippen molar-refractivity contribution < 1.29 is 108 Å². The quantitative estimate of drug-likeness (QED) is 0.0453. The van der Waals surface area contributed by atoms with Crippen LogP contribution in [0.25, 0.3) is 0 Å². The van der Waals surface area contributed by atoms with E-state index >= 15 is 0 Å². The molecule has 0 aromatic carbocycles. The Labute approximate surface area is 367 Å². The van der Waals surface area contributed by atoms with Crippen molar-refractivity contribution in [3.05, 3.63) is 0 Å². The largest absolute Gasteiger partial charge is 0.505 e. The number of aliphatic hydroxyl groups is 6. The Hall–Kier alpha value is -2.71. The molecule has 9 N–H and O–H groups in total. The molecule has 22 nitrogen and oxygen atoms in total. The van der Waals surface area contributed by atoms with Crippen LogP contribution in [0, 0.1) is 10.8 Å². The number of hydrogen-bond donors (Lipinski definition) is 9. The minimum Gasteiger partial charge on any atom is -0.450 e. The molecular weight excluding hydrogens is 844 g/mol. The van der Waals surface area contributed by atoms with Crippen LogP contribution in [0.3, 0.4) is 0 Å². The van der Waals surface area contributed by atoms with Gasteiger partial charge in [-0.05, 0) is 99.8 Å². The summed E-state index contributed by atoms with van der Waals surface area (Å²) in [4.78, 5) is 34.2. The summed E-state index contributed by atoms with van der Waals surface area (Å²) in [6, 6.07) is 0. The lowest BCUT2D eigenvalue weighted by molar-refractivity contribution is -0.494. The maximum absolute atomic E-state index is 13.0. The van der Waals surface area contributed by atoms with E-state index in [2.05, 4.69) is 0 Å². The fraction of sp³-hybridized carbons (Fsp3) is 0.927. The molecule has 13 atom stereocenters. The Morgan fingerprint density at radius 1 is 0.540 bits per heavy atom. The van der Waals surface area contributed by atoms with E-state index in [9.17, 15) is 55.2 Å². The Morgan fingerprint density at radius 3 is 1.32 bits per heavy atom. The number of hydrogen-bond acceptors (Lipinski definition) is 19. The van der Waals surface area contributed by atoms with Gasteiger partial charge in [0.1, 0.15) is 33.6 Å². The molecule has 368 valence electrons. The lowest BCUT2D eigenvalue weighted by Gasteiger charge is -2.69. The molecule has 13 unspecified atom stereocenters. The van der Waals surface area contributed by atoms with Crippen LogP contribution < -0.4 is 0 Å². The zero-order valence-electron chi connectivity index (χ0n) is 39.6. The lowest BCUT2D eigenvalue weighted by Crippen LogP contribution is -2.87. The smallest absolute Gasteiger partial charge is 0.450 e. The van der Waals surface area contributed by atoms with Crippen LogP contribution in [-0.2, 0) is 47.4 Å². The minimum atomic E-state index is -2.72. The minimum absolute atomic E-state index is 0.0137. The van der Waals surface area contributed by atoms with E-state index in [1.54, 1.807) is 27.7 Å². The SMILES string of the molecule is COC1(C)OC1(O)C(C)(O)C(C)(OC1(C)OC(C)(CCOC(=O)O)C(C)(OC2(C)OC2(O)C(C)(O)C(C)(OC)C(C)(C)CCOC(=O)O)C(C)(O)C1(C)O)C(C)(C)CCOC(=O)O. The average molecular weight is 917 g/mol. The van der Waals surface area contributed by atoms with E-state index in [1.165, 1.54) is 69.6 Å². The molecule has 0 aromatic rings. The summed E-state index contributed by atoms with van der Waals surface area (Å²) in [6.07, 6.45) is -5.49. The molecule has 3 aliphatic heterocycles. The molecule has 0 amide bonds. The molecule has 3 fully saturated rings. The van der Waals surface area contributed by atoms with E-state index in [0.29, 0.717) is 0 Å². The Balaban J connectivity index is 2.27. The van der Waals surface area contributed by atoms with Gasteiger partial charge in [0.2, 0.25) is 11.6 Å². The third-order valence-corrected chi connectivity index (χ3v) is 16.1. The second-order valence-corrected chi connectivity index (χ2v) is 20.0. The highest BCUT2D eigenvalue weighted by Gasteiger charge is 2.88. The fourth-order valence-corrected chi connectivity index (χ4v) is 9.58. The van der Waals surface area contributed by atoms with Gasteiger partial charge >= 0.3 is 18.5 Å². The van der Waals surface area contributed by atoms with E-state index in [4.69, 9.17) is 52.5 Å². The van der Waals surface area contributed by atoms with Crippen molar-refractivity contribution >= 4 is 18.5 Å². The summed E-state index contributed by atoms with van der Waals surface area (Å²) in [7, 11) is 2.47. The number of rotatable bonds is 21. The number of epoxide rings is 2. The number of ether oxygens (including phenoxy) is 10. The topological polar surface area (TPSA) is 332 Å². The van der Waals surface area contributed by atoms with Gasteiger partial charge in [-0.3, -0.25) is 0 Å². The first-order valence-electron chi connectivity index (χ1n) is 20.4. The molecule has 0 aromatic heterocycles. The van der Waals surface area contributed by atoms with Gasteiger partial charge in [0.25, 0.3) is 11.6 Å². The second-order valence-electron chi connectivity index (χ2n) is 20.0. The molecule has 0 bridgehead atoms. The summed E-state index contributed by atoms with van der Waals surface area (Å²) in [6.45, 7) is 18.8. The third-order valence-electron chi connectivity index (χ3n) is 16.1. The van der Waals surface area contributed by atoms with Gasteiger partial charge in [0, 0.05) is 20.6 Å². The van der Waals surface area contributed by atoms with Crippen LogP contribution in [0.4, 0.5) is 14.4 Å². The van der Waals surface area contributed by atoms with Crippen molar-refractivity contribution in [2.75, 3.05) is 34.0 Å². The van der Waals surface area contributed by atoms with Gasteiger partial charge in [0.15, 0.2) is 17.0 Å². The zero-order chi connectivity index (χ0) is 49.5. The predicted octanol–water partition coefficient (Wildman–Crippen LogP) is 3.27. The molecule has 0 radical (unpaired) electrons. The monoisotopic (exact) mass is 916 g/mol. The van der Waals surface area contributed by atoms with Gasteiger partial charge in [-0.15, -0.1) is 0 Å². The van der Waals surface area contributed by atoms with Gasteiger partial charge < -0.3 is 93.3 Å². The molecule has 3 rings (SSSR count). The Morgan fingerprint density at radius 2 is 0.921 bits per heavy atom. The first-order valence-corrected chi connectivity index (χ1v) is 20.4. The molecule has 0 spiro atoms.